The van der Waals surface area contributed by atoms with E-state index in [4.69, 9.17) is 0 Å². The molecule has 2 aliphatic rings. The third-order valence-electron chi connectivity index (χ3n) is 4.83. The minimum absolute atomic E-state index is 0.138. The number of thioether (sulfide) groups is 1. The highest BCUT2D eigenvalue weighted by Crippen LogP contribution is 2.34. The molecule has 2 unspecified atom stereocenters. The van der Waals surface area contributed by atoms with Crippen LogP contribution in [0.15, 0.2) is 30.3 Å². The predicted molar refractivity (Wildman–Crippen MR) is 88.2 cm³/mol. The van der Waals surface area contributed by atoms with Gasteiger partial charge < -0.3 is 4.90 Å². The van der Waals surface area contributed by atoms with Crippen molar-refractivity contribution in [2.24, 2.45) is 0 Å². The molecule has 3 nitrogen and oxygen atoms in total. The average molecular weight is 304 g/mol. The van der Waals surface area contributed by atoms with Crippen LogP contribution in [0, 0.1) is 0 Å². The van der Waals surface area contributed by atoms with Gasteiger partial charge in [0.15, 0.2) is 0 Å². The summed E-state index contributed by atoms with van der Waals surface area (Å²) < 4.78 is 0. The van der Waals surface area contributed by atoms with Gasteiger partial charge in [-0.05, 0) is 44.4 Å². The Morgan fingerprint density at radius 3 is 2.43 bits per heavy atom. The number of benzene rings is 1. The highest BCUT2D eigenvalue weighted by molar-refractivity contribution is 7.99. The lowest BCUT2D eigenvalue weighted by Crippen LogP contribution is -2.45. The second kappa shape index (κ2) is 6.41. The van der Waals surface area contributed by atoms with Crippen LogP contribution in [-0.2, 0) is 4.79 Å². The highest BCUT2D eigenvalue weighted by Gasteiger charge is 2.41. The van der Waals surface area contributed by atoms with E-state index < -0.39 is 0 Å². The standard InChI is InChI=1S/C17H24N2OS/c1-12-18-16(13-6-4-3-5-7-13)17(20)19(12)14-8-10-15(21-2)11-9-14/h3-7,12,14-16,18H,8-11H2,1-2H3. The first-order chi connectivity index (χ1) is 10.2. The molecule has 1 amide bonds. The largest absolute Gasteiger partial charge is 0.323 e. The van der Waals surface area contributed by atoms with Crippen LogP contribution in [0.2, 0.25) is 0 Å². The number of carbonyl (C=O) groups excluding carboxylic acids is 1. The molecule has 3 rings (SSSR count). The first-order valence-corrected chi connectivity index (χ1v) is 9.15. The number of nitrogens with zero attached hydrogens (tertiary/aromatic N) is 1. The van der Waals surface area contributed by atoms with E-state index in [1.54, 1.807) is 0 Å². The lowest BCUT2D eigenvalue weighted by Gasteiger charge is -2.36. The zero-order valence-electron chi connectivity index (χ0n) is 12.8. The minimum atomic E-state index is -0.167. The van der Waals surface area contributed by atoms with Gasteiger partial charge in [-0.15, -0.1) is 0 Å². The monoisotopic (exact) mass is 304 g/mol. The second-order valence-electron chi connectivity index (χ2n) is 6.10. The van der Waals surface area contributed by atoms with Crippen molar-refractivity contribution in [1.82, 2.24) is 10.2 Å². The van der Waals surface area contributed by atoms with Gasteiger partial charge in [-0.2, -0.15) is 11.8 Å². The number of amides is 1. The summed E-state index contributed by atoms with van der Waals surface area (Å²) in [6.07, 6.45) is 7.09. The maximum atomic E-state index is 12.8. The van der Waals surface area contributed by atoms with Gasteiger partial charge >= 0.3 is 0 Å². The van der Waals surface area contributed by atoms with E-state index in [0.29, 0.717) is 6.04 Å². The first-order valence-electron chi connectivity index (χ1n) is 7.86. The molecule has 0 spiro atoms. The van der Waals surface area contributed by atoms with Gasteiger partial charge in [0.05, 0.1) is 6.17 Å². The molecule has 1 N–H and O–H groups in total. The van der Waals surface area contributed by atoms with Crippen molar-refractivity contribution in [3.05, 3.63) is 35.9 Å². The normalized spacial score (nSPS) is 33.4. The Bertz CT molecular complexity index is 485. The van der Waals surface area contributed by atoms with E-state index in [0.717, 1.165) is 23.7 Å². The maximum Gasteiger partial charge on any atom is 0.245 e. The Kier molecular flexibility index (Phi) is 4.55. The fourth-order valence-corrected chi connectivity index (χ4v) is 4.42. The first kappa shape index (κ1) is 14.9. The zero-order valence-corrected chi connectivity index (χ0v) is 13.6. The molecule has 2 atom stereocenters. The van der Waals surface area contributed by atoms with Crippen molar-refractivity contribution in [3.63, 3.8) is 0 Å². The Hall–Kier alpha value is -1.00. The second-order valence-corrected chi connectivity index (χ2v) is 7.24. The molecule has 114 valence electrons. The smallest absolute Gasteiger partial charge is 0.245 e. The van der Waals surface area contributed by atoms with E-state index in [1.165, 1.54) is 12.8 Å². The Labute approximate surface area is 131 Å². The summed E-state index contributed by atoms with van der Waals surface area (Å²) in [7, 11) is 0. The topological polar surface area (TPSA) is 32.3 Å². The Morgan fingerprint density at radius 2 is 1.81 bits per heavy atom. The summed E-state index contributed by atoms with van der Waals surface area (Å²) in [4.78, 5) is 14.9. The maximum absolute atomic E-state index is 12.8. The van der Waals surface area contributed by atoms with Crippen LogP contribution >= 0.6 is 11.8 Å². The van der Waals surface area contributed by atoms with Crippen molar-refractivity contribution in [3.8, 4) is 0 Å². The number of nitrogens with one attached hydrogen (secondary N) is 1. The van der Waals surface area contributed by atoms with Crippen LogP contribution in [0.1, 0.15) is 44.2 Å². The van der Waals surface area contributed by atoms with Crippen LogP contribution in [-0.4, -0.2) is 34.5 Å². The molecule has 1 heterocycles. The molecule has 2 fully saturated rings. The zero-order chi connectivity index (χ0) is 14.8. The van der Waals surface area contributed by atoms with Crippen molar-refractivity contribution in [2.45, 2.75) is 56.1 Å². The molecular weight excluding hydrogens is 280 g/mol. The van der Waals surface area contributed by atoms with E-state index in [9.17, 15) is 4.79 Å². The van der Waals surface area contributed by atoms with Gasteiger partial charge in [0, 0.05) is 11.3 Å². The summed E-state index contributed by atoms with van der Waals surface area (Å²) >= 11 is 1.97. The van der Waals surface area contributed by atoms with Crippen molar-refractivity contribution < 1.29 is 4.79 Å². The number of rotatable bonds is 3. The van der Waals surface area contributed by atoms with E-state index in [2.05, 4.69) is 23.4 Å². The van der Waals surface area contributed by atoms with E-state index in [-0.39, 0.29) is 18.1 Å². The van der Waals surface area contributed by atoms with E-state index >= 15 is 0 Å². The van der Waals surface area contributed by atoms with Gasteiger partial charge in [0.2, 0.25) is 5.91 Å². The molecular formula is C17H24N2OS. The molecule has 1 aliphatic carbocycles. The molecule has 0 aromatic heterocycles. The molecule has 4 heteroatoms. The molecule has 0 radical (unpaired) electrons. The van der Waals surface area contributed by atoms with Gasteiger partial charge in [0.1, 0.15) is 6.04 Å². The summed E-state index contributed by atoms with van der Waals surface area (Å²) in [6.45, 7) is 2.11. The van der Waals surface area contributed by atoms with Crippen molar-refractivity contribution in [1.29, 1.82) is 0 Å². The number of hydrogen-bond acceptors (Lipinski definition) is 3. The van der Waals surface area contributed by atoms with E-state index in [1.807, 2.05) is 42.1 Å². The summed E-state index contributed by atoms with van der Waals surface area (Å²) in [5.74, 6) is 0.251. The molecule has 21 heavy (non-hydrogen) atoms. The Balaban J connectivity index is 1.71. The number of carbonyl (C=O) groups is 1. The van der Waals surface area contributed by atoms with Crippen molar-refractivity contribution >= 4 is 17.7 Å². The van der Waals surface area contributed by atoms with Gasteiger partial charge in [-0.3, -0.25) is 10.1 Å². The molecule has 1 saturated heterocycles. The molecule has 0 bridgehead atoms. The van der Waals surface area contributed by atoms with Crippen molar-refractivity contribution in [2.75, 3.05) is 6.26 Å². The minimum Gasteiger partial charge on any atom is -0.323 e. The third kappa shape index (κ3) is 2.97. The fraction of sp³-hybridized carbons (Fsp3) is 0.588. The molecule has 1 aliphatic heterocycles. The quantitative estimate of drug-likeness (QED) is 0.931. The highest BCUT2D eigenvalue weighted by atomic mass is 32.2. The molecule has 1 aromatic rings. The van der Waals surface area contributed by atoms with Crippen LogP contribution in [0.4, 0.5) is 0 Å². The number of hydrogen-bond donors (Lipinski definition) is 1. The molecule has 1 saturated carbocycles. The van der Waals surface area contributed by atoms with Gasteiger partial charge in [-0.25, -0.2) is 0 Å². The van der Waals surface area contributed by atoms with Gasteiger partial charge in [-0.1, -0.05) is 30.3 Å². The summed E-state index contributed by atoms with van der Waals surface area (Å²) in [5.41, 5.74) is 1.08. The van der Waals surface area contributed by atoms with Crippen LogP contribution < -0.4 is 5.32 Å². The lowest BCUT2D eigenvalue weighted by molar-refractivity contribution is -0.132. The fourth-order valence-electron chi connectivity index (χ4n) is 3.67. The summed E-state index contributed by atoms with van der Waals surface area (Å²) in [5, 5.41) is 4.25. The van der Waals surface area contributed by atoms with Gasteiger partial charge in [0.25, 0.3) is 0 Å². The SMILES string of the molecule is CSC1CCC(N2C(=O)C(c3ccccc3)NC2C)CC1. The van der Waals surface area contributed by atoms with Crippen LogP contribution in [0.5, 0.6) is 0 Å². The average Bonchev–Trinajstić information content (AvgIpc) is 2.83. The summed E-state index contributed by atoms with van der Waals surface area (Å²) in [6, 6.07) is 10.3. The molecule has 1 aromatic carbocycles. The predicted octanol–water partition coefficient (Wildman–Crippen LogP) is 3.18. The third-order valence-corrected chi connectivity index (χ3v) is 5.97. The Morgan fingerprint density at radius 1 is 1.14 bits per heavy atom. The van der Waals surface area contributed by atoms with Crippen LogP contribution in [0.3, 0.4) is 0 Å². The lowest BCUT2D eigenvalue weighted by atomic mass is 9.93. The van der Waals surface area contributed by atoms with Crippen LogP contribution in [0.25, 0.3) is 0 Å².